The zero-order chi connectivity index (χ0) is 24.8. The number of benzene rings is 2. The summed E-state index contributed by atoms with van der Waals surface area (Å²) in [7, 11) is 0. The van der Waals surface area contributed by atoms with Crippen molar-refractivity contribution < 1.29 is 0 Å². The quantitative estimate of drug-likeness (QED) is 0.212. The molecule has 0 aliphatic carbocycles. The van der Waals surface area contributed by atoms with E-state index in [0.717, 1.165) is 51.6 Å². The predicted molar refractivity (Wildman–Crippen MR) is 151 cm³/mol. The van der Waals surface area contributed by atoms with E-state index in [1.54, 1.807) is 0 Å². The third-order valence-corrected chi connectivity index (χ3v) is 7.40. The van der Waals surface area contributed by atoms with E-state index >= 15 is 0 Å². The highest BCUT2D eigenvalue weighted by Crippen LogP contribution is 2.25. The highest BCUT2D eigenvalue weighted by Gasteiger charge is 2.18. The van der Waals surface area contributed by atoms with E-state index in [0.29, 0.717) is 12.1 Å². The largest absolute Gasteiger partial charge is 0.326 e. The van der Waals surface area contributed by atoms with E-state index in [1.165, 1.54) is 47.6 Å². The van der Waals surface area contributed by atoms with Crippen molar-refractivity contribution in [3.63, 3.8) is 0 Å². The molecule has 4 nitrogen and oxygen atoms in total. The van der Waals surface area contributed by atoms with E-state index in [9.17, 15) is 0 Å². The predicted octanol–water partition coefficient (Wildman–Crippen LogP) is 5.70. The van der Waals surface area contributed by atoms with Crippen LogP contribution in [0.4, 0.5) is 0 Å². The van der Waals surface area contributed by atoms with Crippen molar-refractivity contribution in [2.75, 3.05) is 13.1 Å². The van der Waals surface area contributed by atoms with Crippen LogP contribution in [-0.2, 0) is 12.8 Å². The first-order valence-corrected chi connectivity index (χ1v) is 14.0. The van der Waals surface area contributed by atoms with Crippen LogP contribution < -0.4 is 22.1 Å². The Morgan fingerprint density at radius 3 is 1.41 bits per heavy atom. The Kier molecular flexibility index (Phi) is 13.8. The molecule has 0 saturated heterocycles. The summed E-state index contributed by atoms with van der Waals surface area (Å²) >= 11 is 0. The minimum absolute atomic E-state index is 0.210. The Morgan fingerprint density at radius 1 is 0.647 bits per heavy atom. The standard InChI is InChI=1S/C30H52N4/c1-5-9-21-33-29(27(31)7-3)19-17-23-13-11-16-26-24(14-12-15-25(23)26)18-20-30(28(32)8-4)34-22-10-6-2/h11-16,27-30,33-34H,5-10,17-22,31-32H2,1-4H3. The van der Waals surface area contributed by atoms with Gasteiger partial charge in [0, 0.05) is 24.2 Å². The topological polar surface area (TPSA) is 76.1 Å². The van der Waals surface area contributed by atoms with Gasteiger partial charge >= 0.3 is 0 Å². The number of nitrogens with one attached hydrogen (secondary N) is 2. The Morgan fingerprint density at radius 2 is 1.06 bits per heavy atom. The maximum Gasteiger partial charge on any atom is 0.0222 e. The summed E-state index contributed by atoms with van der Waals surface area (Å²) in [5.41, 5.74) is 15.8. The molecule has 0 saturated carbocycles. The zero-order valence-corrected chi connectivity index (χ0v) is 22.4. The molecule has 34 heavy (non-hydrogen) atoms. The summed E-state index contributed by atoms with van der Waals surface area (Å²) in [6.45, 7) is 11.0. The van der Waals surface area contributed by atoms with E-state index in [-0.39, 0.29) is 12.1 Å². The molecule has 0 heterocycles. The van der Waals surface area contributed by atoms with Gasteiger partial charge in [0.15, 0.2) is 0 Å². The third kappa shape index (κ3) is 8.96. The first-order chi connectivity index (χ1) is 16.5. The van der Waals surface area contributed by atoms with Gasteiger partial charge in [-0.3, -0.25) is 0 Å². The molecule has 4 heteroatoms. The van der Waals surface area contributed by atoms with Crippen LogP contribution in [0.15, 0.2) is 36.4 Å². The van der Waals surface area contributed by atoms with Gasteiger partial charge in [0.25, 0.3) is 0 Å². The van der Waals surface area contributed by atoms with Gasteiger partial charge in [-0.15, -0.1) is 0 Å². The van der Waals surface area contributed by atoms with Gasteiger partial charge in [0.2, 0.25) is 0 Å². The van der Waals surface area contributed by atoms with E-state index < -0.39 is 0 Å². The summed E-state index contributed by atoms with van der Waals surface area (Å²) in [6.07, 6.45) is 11.1. The molecule has 0 fully saturated rings. The molecule has 0 aromatic heterocycles. The number of fused-ring (bicyclic) bond motifs is 1. The van der Waals surface area contributed by atoms with Crippen molar-refractivity contribution in [2.24, 2.45) is 11.5 Å². The molecule has 2 aromatic carbocycles. The van der Waals surface area contributed by atoms with Crippen molar-refractivity contribution in [3.05, 3.63) is 47.5 Å². The molecule has 2 aromatic rings. The Bertz CT molecular complexity index is 738. The molecule has 0 radical (unpaired) electrons. The second-order valence-electron chi connectivity index (χ2n) is 9.98. The van der Waals surface area contributed by atoms with Gasteiger partial charge in [-0.05, 0) is 86.4 Å². The number of hydrogen-bond donors (Lipinski definition) is 4. The average molecular weight is 469 g/mol. The maximum absolute atomic E-state index is 6.47. The number of rotatable bonds is 18. The van der Waals surface area contributed by atoms with Crippen molar-refractivity contribution in [3.8, 4) is 0 Å². The van der Waals surface area contributed by atoms with Crippen LogP contribution in [0.25, 0.3) is 10.8 Å². The summed E-state index contributed by atoms with van der Waals surface area (Å²) in [4.78, 5) is 0. The molecule has 0 bridgehead atoms. The first-order valence-electron chi connectivity index (χ1n) is 14.0. The molecule has 0 aliphatic heterocycles. The van der Waals surface area contributed by atoms with Crippen LogP contribution >= 0.6 is 0 Å². The third-order valence-electron chi connectivity index (χ3n) is 7.40. The normalized spacial score (nSPS) is 15.4. The summed E-state index contributed by atoms with van der Waals surface area (Å²) in [5.74, 6) is 0. The molecule has 2 rings (SSSR count). The molecule has 0 amide bonds. The molecular formula is C30H52N4. The van der Waals surface area contributed by atoms with Gasteiger partial charge in [0.1, 0.15) is 0 Å². The lowest BCUT2D eigenvalue weighted by Gasteiger charge is -2.25. The van der Waals surface area contributed by atoms with Crippen molar-refractivity contribution in [1.29, 1.82) is 0 Å². The van der Waals surface area contributed by atoms with Crippen LogP contribution in [-0.4, -0.2) is 37.3 Å². The maximum atomic E-state index is 6.47. The van der Waals surface area contributed by atoms with Crippen molar-refractivity contribution in [2.45, 2.75) is 116 Å². The first kappa shape index (κ1) is 28.8. The van der Waals surface area contributed by atoms with E-state index in [4.69, 9.17) is 11.5 Å². The number of nitrogens with two attached hydrogens (primary N) is 2. The number of hydrogen-bond acceptors (Lipinski definition) is 4. The second kappa shape index (κ2) is 16.3. The van der Waals surface area contributed by atoms with Crippen LogP contribution in [0.3, 0.4) is 0 Å². The fourth-order valence-corrected chi connectivity index (χ4v) is 4.93. The highest BCUT2D eigenvalue weighted by molar-refractivity contribution is 5.88. The Labute approximate surface area is 209 Å². The molecule has 4 unspecified atom stereocenters. The Hall–Kier alpha value is -1.46. The molecule has 0 spiro atoms. The molecular weight excluding hydrogens is 416 g/mol. The lowest BCUT2D eigenvalue weighted by molar-refractivity contribution is 0.395. The molecule has 4 atom stereocenters. The fraction of sp³-hybridized carbons (Fsp3) is 0.667. The number of aryl methyl sites for hydroxylation is 2. The van der Waals surface area contributed by atoms with Crippen LogP contribution in [0.2, 0.25) is 0 Å². The zero-order valence-electron chi connectivity index (χ0n) is 22.4. The van der Waals surface area contributed by atoms with Crippen LogP contribution in [0.5, 0.6) is 0 Å². The van der Waals surface area contributed by atoms with E-state index in [2.05, 4.69) is 74.7 Å². The van der Waals surface area contributed by atoms with E-state index in [1.807, 2.05) is 0 Å². The lowest BCUT2D eigenvalue weighted by atomic mass is 9.91. The van der Waals surface area contributed by atoms with Gasteiger partial charge in [0.05, 0.1) is 0 Å². The van der Waals surface area contributed by atoms with Gasteiger partial charge in [-0.1, -0.05) is 76.9 Å². The minimum atomic E-state index is 0.210. The smallest absolute Gasteiger partial charge is 0.0222 e. The van der Waals surface area contributed by atoms with Gasteiger partial charge < -0.3 is 22.1 Å². The lowest BCUT2D eigenvalue weighted by Crippen LogP contribution is -2.45. The minimum Gasteiger partial charge on any atom is -0.326 e. The van der Waals surface area contributed by atoms with Crippen LogP contribution in [0, 0.1) is 0 Å². The summed E-state index contributed by atoms with van der Waals surface area (Å²) in [6, 6.07) is 14.8. The number of unbranched alkanes of at least 4 members (excludes halogenated alkanes) is 2. The second-order valence-corrected chi connectivity index (χ2v) is 9.98. The SMILES string of the molecule is CCCCNC(CCc1cccc2c(CCC(NCCCC)C(N)CC)cccc12)C(N)CC. The molecule has 192 valence electrons. The average Bonchev–Trinajstić information content (AvgIpc) is 2.87. The molecule has 6 N–H and O–H groups in total. The highest BCUT2D eigenvalue weighted by atomic mass is 15.0. The summed E-state index contributed by atoms with van der Waals surface area (Å²) < 4.78 is 0. The molecule has 0 aliphatic rings. The van der Waals surface area contributed by atoms with Crippen molar-refractivity contribution >= 4 is 10.8 Å². The van der Waals surface area contributed by atoms with Gasteiger partial charge in [-0.25, -0.2) is 0 Å². The van der Waals surface area contributed by atoms with Crippen molar-refractivity contribution in [1.82, 2.24) is 10.6 Å². The van der Waals surface area contributed by atoms with Crippen LogP contribution in [0.1, 0.15) is 90.2 Å². The fourth-order valence-electron chi connectivity index (χ4n) is 4.93. The van der Waals surface area contributed by atoms with Gasteiger partial charge in [-0.2, -0.15) is 0 Å². The summed E-state index contributed by atoms with van der Waals surface area (Å²) in [5, 5.41) is 10.2. The monoisotopic (exact) mass is 468 g/mol. The Balaban J connectivity index is 2.12.